The van der Waals surface area contributed by atoms with Gasteiger partial charge in [-0.15, -0.1) is 0 Å². The fourth-order valence-corrected chi connectivity index (χ4v) is 2.76. The van der Waals surface area contributed by atoms with E-state index in [1.807, 2.05) is 60.7 Å². The molecule has 5 heteroatoms. The molecule has 0 radical (unpaired) electrons. The van der Waals surface area contributed by atoms with Crippen molar-refractivity contribution < 1.29 is 14.3 Å². The Morgan fingerprint density at radius 2 is 1.90 bits per heavy atom. The van der Waals surface area contributed by atoms with E-state index >= 15 is 0 Å². The number of hydrogen-bond acceptors (Lipinski definition) is 4. The largest absolute Gasteiger partial charge is 0.493 e. The van der Waals surface area contributed by atoms with E-state index in [-0.39, 0.29) is 5.91 Å². The van der Waals surface area contributed by atoms with Gasteiger partial charge >= 0.3 is 0 Å². The van der Waals surface area contributed by atoms with Gasteiger partial charge in [-0.2, -0.15) is 0 Å². The summed E-state index contributed by atoms with van der Waals surface area (Å²) in [6, 6.07) is 19.5. The van der Waals surface area contributed by atoms with Crippen LogP contribution in [-0.4, -0.2) is 24.5 Å². The van der Waals surface area contributed by atoms with Crippen LogP contribution in [0.5, 0.6) is 11.5 Å². The summed E-state index contributed by atoms with van der Waals surface area (Å²) in [4.78, 5) is 16.0. The molecule has 3 aromatic rings. The van der Waals surface area contributed by atoms with Crippen molar-refractivity contribution in [2.75, 3.05) is 13.7 Å². The van der Waals surface area contributed by atoms with E-state index in [0.29, 0.717) is 31.1 Å². The molecule has 0 saturated heterocycles. The lowest BCUT2D eigenvalue weighted by atomic mass is 10.1. The number of nitrogens with one attached hydrogen (secondary N) is 1. The van der Waals surface area contributed by atoms with Crippen LogP contribution in [0.4, 0.5) is 0 Å². The van der Waals surface area contributed by atoms with Gasteiger partial charge in [-0.1, -0.05) is 42.5 Å². The molecule has 1 aromatic heterocycles. The monoisotopic (exact) mass is 388 g/mol. The molecule has 0 unspecified atom stereocenters. The lowest BCUT2D eigenvalue weighted by Crippen LogP contribution is -2.23. The molecule has 0 saturated carbocycles. The predicted octanol–water partition coefficient (Wildman–Crippen LogP) is 4.04. The van der Waals surface area contributed by atoms with Gasteiger partial charge in [0, 0.05) is 25.0 Å². The SMILES string of the molecule is COc1ccc(CCNC(=O)/C=C/c2cccnc2)cc1OCc1ccccc1. The Labute approximate surface area is 171 Å². The number of benzene rings is 2. The highest BCUT2D eigenvalue weighted by Gasteiger charge is 2.07. The van der Waals surface area contributed by atoms with Crippen molar-refractivity contribution in [3.05, 3.63) is 95.8 Å². The molecule has 0 spiro atoms. The Balaban J connectivity index is 1.52. The van der Waals surface area contributed by atoms with E-state index in [0.717, 1.165) is 16.7 Å². The number of carbonyl (C=O) groups excluding carboxylic acids is 1. The van der Waals surface area contributed by atoms with Crippen LogP contribution >= 0.6 is 0 Å². The van der Waals surface area contributed by atoms with Crippen LogP contribution < -0.4 is 14.8 Å². The molecule has 29 heavy (non-hydrogen) atoms. The third kappa shape index (κ3) is 6.50. The highest BCUT2D eigenvalue weighted by atomic mass is 16.5. The lowest BCUT2D eigenvalue weighted by molar-refractivity contribution is -0.116. The molecule has 5 nitrogen and oxygen atoms in total. The quantitative estimate of drug-likeness (QED) is 0.562. The summed E-state index contributed by atoms with van der Waals surface area (Å²) in [6.07, 6.45) is 7.35. The van der Waals surface area contributed by atoms with Crippen LogP contribution in [0.3, 0.4) is 0 Å². The molecule has 0 fully saturated rings. The Morgan fingerprint density at radius 3 is 2.66 bits per heavy atom. The van der Waals surface area contributed by atoms with Crippen molar-refractivity contribution >= 4 is 12.0 Å². The third-order valence-electron chi connectivity index (χ3n) is 4.29. The molecule has 0 atom stereocenters. The minimum absolute atomic E-state index is 0.136. The Hall–Kier alpha value is -3.60. The summed E-state index contributed by atoms with van der Waals surface area (Å²) in [7, 11) is 1.62. The lowest BCUT2D eigenvalue weighted by Gasteiger charge is -2.12. The number of pyridine rings is 1. The van der Waals surface area contributed by atoms with Gasteiger partial charge in [-0.05, 0) is 47.4 Å². The first-order valence-corrected chi connectivity index (χ1v) is 9.44. The molecule has 0 aliphatic carbocycles. The first kappa shape index (κ1) is 20.1. The molecule has 148 valence electrons. The molecule has 0 aliphatic heterocycles. The minimum atomic E-state index is -0.136. The van der Waals surface area contributed by atoms with E-state index in [1.54, 1.807) is 25.6 Å². The van der Waals surface area contributed by atoms with Crippen LogP contribution in [0.2, 0.25) is 0 Å². The molecule has 1 N–H and O–H groups in total. The number of amides is 1. The molecule has 3 rings (SSSR count). The van der Waals surface area contributed by atoms with Gasteiger partial charge < -0.3 is 14.8 Å². The zero-order valence-corrected chi connectivity index (χ0v) is 16.4. The first-order chi connectivity index (χ1) is 14.2. The summed E-state index contributed by atoms with van der Waals surface area (Å²) in [5.74, 6) is 1.24. The Kier molecular flexibility index (Phi) is 7.41. The number of nitrogens with zero attached hydrogens (tertiary/aromatic N) is 1. The van der Waals surface area contributed by atoms with Crippen molar-refractivity contribution in [2.24, 2.45) is 0 Å². The fraction of sp³-hybridized carbons (Fsp3) is 0.167. The van der Waals surface area contributed by atoms with E-state index in [1.165, 1.54) is 6.08 Å². The summed E-state index contributed by atoms with van der Waals surface area (Å²) in [5, 5.41) is 2.89. The number of rotatable bonds is 9. The van der Waals surface area contributed by atoms with Crippen molar-refractivity contribution in [1.29, 1.82) is 0 Å². The van der Waals surface area contributed by atoms with Crippen LogP contribution in [0.1, 0.15) is 16.7 Å². The molecule has 2 aromatic carbocycles. The van der Waals surface area contributed by atoms with Crippen molar-refractivity contribution in [3.8, 4) is 11.5 Å². The van der Waals surface area contributed by atoms with Crippen molar-refractivity contribution in [3.63, 3.8) is 0 Å². The molecule has 0 aliphatic rings. The van der Waals surface area contributed by atoms with Gasteiger partial charge in [0.25, 0.3) is 0 Å². The van der Waals surface area contributed by atoms with E-state index in [4.69, 9.17) is 9.47 Å². The third-order valence-corrected chi connectivity index (χ3v) is 4.29. The number of ether oxygens (including phenoxy) is 2. The second kappa shape index (κ2) is 10.7. The topological polar surface area (TPSA) is 60.5 Å². The maximum absolute atomic E-state index is 12.0. The molecular weight excluding hydrogens is 364 g/mol. The highest BCUT2D eigenvalue weighted by Crippen LogP contribution is 2.29. The second-order valence-corrected chi connectivity index (χ2v) is 6.42. The maximum atomic E-state index is 12.0. The van der Waals surface area contributed by atoms with Crippen LogP contribution in [0.25, 0.3) is 6.08 Å². The second-order valence-electron chi connectivity index (χ2n) is 6.42. The van der Waals surface area contributed by atoms with Gasteiger partial charge in [-0.3, -0.25) is 9.78 Å². The zero-order valence-electron chi connectivity index (χ0n) is 16.4. The predicted molar refractivity (Wildman–Crippen MR) is 114 cm³/mol. The number of hydrogen-bond donors (Lipinski definition) is 1. The van der Waals surface area contributed by atoms with Crippen LogP contribution in [0, 0.1) is 0 Å². The molecule has 1 heterocycles. The zero-order chi connectivity index (χ0) is 20.3. The van der Waals surface area contributed by atoms with Gasteiger partial charge in [-0.25, -0.2) is 0 Å². The summed E-state index contributed by atoms with van der Waals surface area (Å²) < 4.78 is 11.3. The molecule has 1 amide bonds. The van der Waals surface area contributed by atoms with E-state index in [2.05, 4.69) is 10.3 Å². The van der Waals surface area contributed by atoms with Crippen LogP contribution in [0.15, 0.2) is 79.1 Å². The van der Waals surface area contributed by atoms with E-state index < -0.39 is 0 Å². The summed E-state index contributed by atoms with van der Waals surface area (Å²) >= 11 is 0. The van der Waals surface area contributed by atoms with Gasteiger partial charge in [0.2, 0.25) is 5.91 Å². The standard InChI is InChI=1S/C24H24N2O3/c1-28-22-11-9-19(16-23(22)29-18-21-6-3-2-4-7-21)13-15-26-24(27)12-10-20-8-5-14-25-17-20/h2-12,14,16-17H,13,15,18H2,1H3,(H,26,27)/b12-10+. The highest BCUT2D eigenvalue weighted by molar-refractivity contribution is 5.91. The van der Waals surface area contributed by atoms with Crippen molar-refractivity contribution in [1.82, 2.24) is 10.3 Å². The normalized spacial score (nSPS) is 10.7. The number of aromatic nitrogens is 1. The van der Waals surface area contributed by atoms with Crippen molar-refractivity contribution in [2.45, 2.75) is 13.0 Å². The van der Waals surface area contributed by atoms with Gasteiger partial charge in [0.15, 0.2) is 11.5 Å². The summed E-state index contributed by atoms with van der Waals surface area (Å²) in [6.45, 7) is 0.997. The smallest absolute Gasteiger partial charge is 0.244 e. The maximum Gasteiger partial charge on any atom is 0.244 e. The average Bonchev–Trinajstić information content (AvgIpc) is 2.78. The fourth-order valence-electron chi connectivity index (χ4n) is 2.76. The Bertz CT molecular complexity index is 941. The van der Waals surface area contributed by atoms with E-state index in [9.17, 15) is 4.79 Å². The number of methoxy groups -OCH3 is 1. The summed E-state index contributed by atoms with van der Waals surface area (Å²) in [5.41, 5.74) is 3.04. The van der Waals surface area contributed by atoms with Crippen LogP contribution in [-0.2, 0) is 17.8 Å². The number of carbonyl (C=O) groups is 1. The first-order valence-electron chi connectivity index (χ1n) is 9.44. The van der Waals surface area contributed by atoms with Gasteiger partial charge in [0.05, 0.1) is 7.11 Å². The molecular formula is C24H24N2O3. The minimum Gasteiger partial charge on any atom is -0.493 e. The van der Waals surface area contributed by atoms with Gasteiger partial charge in [0.1, 0.15) is 6.61 Å². The Morgan fingerprint density at radius 1 is 1.03 bits per heavy atom. The average molecular weight is 388 g/mol. The molecule has 0 bridgehead atoms.